The number of nitrogens with two attached hydrogens (primary N) is 4. The molecule has 0 radical (unpaired) electrons. The fraction of sp³-hybridized carbons (Fsp3) is 0.167. The van der Waals surface area contributed by atoms with Crippen LogP contribution in [-0.4, -0.2) is 23.8 Å². The molecule has 0 atom stereocenters. The minimum atomic E-state index is -0.134. The maximum absolute atomic E-state index is 5.23. The predicted molar refractivity (Wildman–Crippen MR) is 82.3 cm³/mol. The lowest BCUT2D eigenvalue weighted by molar-refractivity contribution is 1.03. The maximum atomic E-state index is 5.23. The van der Waals surface area contributed by atoms with Gasteiger partial charge in [0.25, 0.3) is 0 Å². The van der Waals surface area contributed by atoms with E-state index in [2.05, 4.69) is 20.4 Å². The largest absolute Gasteiger partial charge is 0.369 e. The van der Waals surface area contributed by atoms with Crippen molar-refractivity contribution in [2.45, 2.75) is 12.8 Å². The summed E-state index contributed by atoms with van der Waals surface area (Å²) in [7, 11) is 0. The quantitative estimate of drug-likeness (QED) is 0.314. The molecule has 0 heterocycles. The molecule has 8 nitrogen and oxygen atoms in total. The van der Waals surface area contributed by atoms with E-state index < -0.39 is 0 Å². The zero-order valence-corrected chi connectivity index (χ0v) is 11.0. The fourth-order valence-electron chi connectivity index (χ4n) is 1.34. The fourth-order valence-corrected chi connectivity index (χ4v) is 1.34. The van der Waals surface area contributed by atoms with Gasteiger partial charge in [-0.2, -0.15) is 10.2 Å². The summed E-state index contributed by atoms with van der Waals surface area (Å²) in [5, 5.41) is 14.7. The van der Waals surface area contributed by atoms with Crippen molar-refractivity contribution in [2.75, 3.05) is 0 Å². The van der Waals surface area contributed by atoms with Crippen LogP contribution in [0.4, 0.5) is 0 Å². The van der Waals surface area contributed by atoms with Crippen LogP contribution < -0.4 is 22.9 Å². The van der Waals surface area contributed by atoms with Crippen LogP contribution in [0.2, 0.25) is 0 Å². The smallest absolute Gasteiger partial charge is 0.211 e. The molecule has 0 aliphatic rings. The van der Waals surface area contributed by atoms with E-state index in [1.165, 1.54) is 11.8 Å². The Morgan fingerprint density at radius 3 is 2.15 bits per heavy atom. The van der Waals surface area contributed by atoms with Gasteiger partial charge in [0.2, 0.25) is 11.9 Å². The van der Waals surface area contributed by atoms with Gasteiger partial charge in [-0.3, -0.25) is 0 Å². The van der Waals surface area contributed by atoms with Gasteiger partial charge in [0, 0.05) is 0 Å². The molecule has 0 bridgehead atoms. The highest BCUT2D eigenvalue weighted by Crippen LogP contribution is 2.03. The molecule has 1 rings (SSSR count). The Labute approximate surface area is 117 Å². The molecule has 0 aliphatic heterocycles. The molecule has 1 aromatic carbocycles. The van der Waals surface area contributed by atoms with Gasteiger partial charge < -0.3 is 22.9 Å². The van der Waals surface area contributed by atoms with Crippen LogP contribution in [0.25, 0.3) is 0 Å². The Balaban J connectivity index is 2.73. The van der Waals surface area contributed by atoms with Gasteiger partial charge in [0.1, 0.15) is 0 Å². The first kappa shape index (κ1) is 15.2. The van der Waals surface area contributed by atoms with Crippen LogP contribution in [0.5, 0.6) is 0 Å². The molecule has 0 aliphatic carbocycles. The maximum Gasteiger partial charge on any atom is 0.211 e. The standard InChI is InChI=1S/C12H18N8/c13-11(14)19-17-8-10(18-20-12(15)16)7-6-9-4-2-1-3-5-9/h1-5,8H,6-7H2,(H4,13,14,19)(H4,15,16,20)/b17-8+,18-10-. The average Bonchev–Trinajstić information content (AvgIpc) is 2.42. The SMILES string of the molecule is NC(N)=N/N=C(\C=N\N=C(N)N)CCc1ccccc1. The van der Waals surface area contributed by atoms with Crippen molar-refractivity contribution in [1.82, 2.24) is 0 Å². The average molecular weight is 274 g/mol. The molecule has 0 saturated carbocycles. The molecule has 0 spiro atoms. The van der Waals surface area contributed by atoms with Crippen molar-refractivity contribution in [2.24, 2.45) is 43.3 Å². The summed E-state index contributed by atoms with van der Waals surface area (Å²) in [5.74, 6) is -0.261. The molecular formula is C12H18N8. The Morgan fingerprint density at radius 1 is 0.900 bits per heavy atom. The highest BCUT2D eigenvalue weighted by Gasteiger charge is 1.98. The molecule has 8 N–H and O–H groups in total. The summed E-state index contributed by atoms with van der Waals surface area (Å²) in [4.78, 5) is 0. The van der Waals surface area contributed by atoms with E-state index in [-0.39, 0.29) is 11.9 Å². The number of aryl methyl sites for hydroxylation is 1. The van der Waals surface area contributed by atoms with Crippen LogP contribution in [0.1, 0.15) is 12.0 Å². The van der Waals surface area contributed by atoms with Gasteiger partial charge in [0.05, 0.1) is 11.9 Å². The third kappa shape index (κ3) is 6.74. The Kier molecular flexibility index (Phi) is 6.25. The zero-order chi connectivity index (χ0) is 14.8. The molecule has 8 heteroatoms. The molecule has 0 fully saturated rings. The van der Waals surface area contributed by atoms with Crippen LogP contribution in [-0.2, 0) is 6.42 Å². The molecule has 0 saturated heterocycles. The predicted octanol–water partition coefficient (Wildman–Crippen LogP) is -0.492. The summed E-state index contributed by atoms with van der Waals surface area (Å²) in [6, 6.07) is 9.93. The van der Waals surface area contributed by atoms with Gasteiger partial charge in [-0.05, 0) is 18.4 Å². The molecule has 20 heavy (non-hydrogen) atoms. The lowest BCUT2D eigenvalue weighted by Gasteiger charge is -2.00. The van der Waals surface area contributed by atoms with Gasteiger partial charge in [0.15, 0.2) is 0 Å². The van der Waals surface area contributed by atoms with Crippen LogP contribution in [0.3, 0.4) is 0 Å². The van der Waals surface area contributed by atoms with Crippen LogP contribution in [0, 0.1) is 0 Å². The van der Waals surface area contributed by atoms with E-state index in [9.17, 15) is 0 Å². The number of nitrogens with zero attached hydrogens (tertiary/aromatic N) is 4. The second-order valence-electron chi connectivity index (χ2n) is 3.87. The molecule has 0 unspecified atom stereocenters. The third-order valence-electron chi connectivity index (χ3n) is 2.19. The second-order valence-corrected chi connectivity index (χ2v) is 3.87. The monoisotopic (exact) mass is 274 g/mol. The zero-order valence-electron chi connectivity index (χ0n) is 11.0. The lowest BCUT2D eigenvalue weighted by Crippen LogP contribution is -2.22. The minimum Gasteiger partial charge on any atom is -0.369 e. The number of benzene rings is 1. The molecule has 106 valence electrons. The van der Waals surface area contributed by atoms with Crippen molar-refractivity contribution in [3.8, 4) is 0 Å². The molecule has 0 aromatic heterocycles. The topological polar surface area (TPSA) is 154 Å². The Bertz CT molecular complexity index is 522. The normalized spacial score (nSPS) is 11.3. The number of rotatable bonds is 6. The summed E-state index contributed by atoms with van der Waals surface area (Å²) < 4.78 is 0. The molecule has 0 amide bonds. The van der Waals surface area contributed by atoms with Crippen molar-refractivity contribution in [3.63, 3.8) is 0 Å². The van der Waals surface area contributed by atoms with E-state index in [0.717, 1.165) is 6.42 Å². The van der Waals surface area contributed by atoms with E-state index in [1.807, 2.05) is 30.3 Å². The van der Waals surface area contributed by atoms with Crippen molar-refractivity contribution < 1.29 is 0 Å². The first-order chi connectivity index (χ1) is 9.58. The van der Waals surface area contributed by atoms with Crippen LogP contribution >= 0.6 is 0 Å². The number of hydrogen-bond acceptors (Lipinski definition) is 4. The van der Waals surface area contributed by atoms with Crippen molar-refractivity contribution >= 4 is 23.8 Å². The lowest BCUT2D eigenvalue weighted by atomic mass is 10.1. The first-order valence-electron chi connectivity index (χ1n) is 5.89. The summed E-state index contributed by atoms with van der Waals surface area (Å²) in [6.45, 7) is 0. The number of guanidine groups is 2. The highest BCUT2D eigenvalue weighted by molar-refractivity contribution is 6.30. The highest BCUT2D eigenvalue weighted by atomic mass is 15.3. The van der Waals surface area contributed by atoms with Gasteiger partial charge in [-0.1, -0.05) is 30.3 Å². The van der Waals surface area contributed by atoms with E-state index >= 15 is 0 Å². The van der Waals surface area contributed by atoms with Crippen LogP contribution in [0.15, 0.2) is 50.7 Å². The van der Waals surface area contributed by atoms with E-state index in [0.29, 0.717) is 12.1 Å². The summed E-state index contributed by atoms with van der Waals surface area (Å²) >= 11 is 0. The molecule has 1 aromatic rings. The molecular weight excluding hydrogens is 256 g/mol. The Hall–Kier alpha value is -2.90. The van der Waals surface area contributed by atoms with Gasteiger partial charge >= 0.3 is 0 Å². The van der Waals surface area contributed by atoms with Gasteiger partial charge in [-0.15, -0.1) is 10.2 Å². The van der Waals surface area contributed by atoms with E-state index in [1.54, 1.807) is 0 Å². The van der Waals surface area contributed by atoms with E-state index in [4.69, 9.17) is 22.9 Å². The van der Waals surface area contributed by atoms with Crippen molar-refractivity contribution in [1.29, 1.82) is 0 Å². The Morgan fingerprint density at radius 2 is 1.55 bits per heavy atom. The third-order valence-corrected chi connectivity index (χ3v) is 2.19. The minimum absolute atomic E-state index is 0.127. The number of hydrogen-bond donors (Lipinski definition) is 4. The van der Waals surface area contributed by atoms with Crippen molar-refractivity contribution in [3.05, 3.63) is 35.9 Å². The van der Waals surface area contributed by atoms with Gasteiger partial charge in [-0.25, -0.2) is 0 Å². The second kappa shape index (κ2) is 8.25. The summed E-state index contributed by atoms with van der Waals surface area (Å²) in [6.07, 6.45) is 2.78. The first-order valence-corrected chi connectivity index (χ1v) is 5.89. The summed E-state index contributed by atoms with van der Waals surface area (Å²) in [5.41, 5.74) is 22.5.